The molecule has 1 heterocycles. The average molecular weight is 345 g/mol. The van der Waals surface area contributed by atoms with Crippen molar-refractivity contribution in [3.05, 3.63) is 52.3 Å². The lowest BCUT2D eigenvalue weighted by Crippen LogP contribution is -1.93. The van der Waals surface area contributed by atoms with Crippen LogP contribution in [0, 0.1) is 11.3 Å². The molecule has 21 heavy (non-hydrogen) atoms. The lowest BCUT2D eigenvalue weighted by molar-refractivity contribution is 0.353. The fourth-order valence-electron chi connectivity index (χ4n) is 1.87. The van der Waals surface area contributed by atoms with Gasteiger partial charge in [-0.1, -0.05) is 6.07 Å². The van der Waals surface area contributed by atoms with Crippen molar-refractivity contribution in [2.24, 2.45) is 0 Å². The smallest absolute Gasteiger partial charge is 0.174 e. The Labute approximate surface area is 131 Å². The van der Waals surface area contributed by atoms with Crippen LogP contribution in [-0.2, 0) is 0 Å². The second kappa shape index (κ2) is 6.91. The van der Waals surface area contributed by atoms with Gasteiger partial charge in [-0.25, -0.2) is 0 Å². The molecule has 1 aromatic heterocycles. The second-order valence-electron chi connectivity index (χ2n) is 4.12. The Morgan fingerprint density at radius 2 is 2.10 bits per heavy atom. The van der Waals surface area contributed by atoms with Crippen molar-refractivity contribution < 1.29 is 9.47 Å². The number of aromatic nitrogens is 1. The topological polar surface area (TPSA) is 55.1 Å². The number of methoxy groups -OCH3 is 2. The molecule has 5 heteroatoms. The number of benzene rings is 1. The molecule has 0 fully saturated rings. The van der Waals surface area contributed by atoms with E-state index in [0.717, 1.165) is 10.0 Å². The van der Waals surface area contributed by atoms with Gasteiger partial charge in [-0.05, 0) is 51.8 Å². The number of ether oxygens (including phenoxy) is 2. The van der Waals surface area contributed by atoms with Gasteiger partial charge in [0.2, 0.25) is 0 Å². The fourth-order valence-corrected chi connectivity index (χ4v) is 2.50. The third-order valence-corrected chi connectivity index (χ3v) is 3.42. The van der Waals surface area contributed by atoms with E-state index < -0.39 is 0 Å². The summed E-state index contributed by atoms with van der Waals surface area (Å²) in [5.74, 6) is 1.21. The number of allylic oxidation sites excluding steroid dienone is 1. The van der Waals surface area contributed by atoms with Crippen molar-refractivity contribution in [3.8, 4) is 17.6 Å². The summed E-state index contributed by atoms with van der Waals surface area (Å²) in [6, 6.07) is 11.3. The lowest BCUT2D eigenvalue weighted by Gasteiger charge is -2.10. The molecule has 0 bridgehead atoms. The van der Waals surface area contributed by atoms with Crippen LogP contribution in [0.3, 0.4) is 0 Å². The first-order chi connectivity index (χ1) is 10.2. The molecule has 0 aliphatic carbocycles. The molecule has 1 aromatic carbocycles. The van der Waals surface area contributed by atoms with Crippen LogP contribution in [0.5, 0.6) is 11.5 Å². The Hall–Kier alpha value is -2.32. The van der Waals surface area contributed by atoms with Crippen molar-refractivity contribution in [2.75, 3.05) is 14.2 Å². The maximum atomic E-state index is 9.31. The maximum Gasteiger partial charge on any atom is 0.174 e. The Morgan fingerprint density at radius 3 is 2.67 bits per heavy atom. The normalized spacial score (nSPS) is 10.9. The van der Waals surface area contributed by atoms with E-state index in [9.17, 15) is 5.26 Å². The fraction of sp³-hybridized carbons (Fsp3) is 0.125. The Balaban J connectivity index is 2.49. The molecule has 0 saturated heterocycles. The van der Waals surface area contributed by atoms with Gasteiger partial charge in [0.25, 0.3) is 0 Å². The zero-order chi connectivity index (χ0) is 15.2. The minimum absolute atomic E-state index is 0.481. The standard InChI is InChI=1S/C16H13BrN2O2/c1-20-15-9-11(8-13(17)16(15)21-2)7-12(10-18)14-5-3-4-6-19-14/h3-9H,1-2H3/b12-7+. The highest BCUT2D eigenvalue weighted by atomic mass is 79.9. The SMILES string of the molecule is COc1cc(/C=C(\C#N)c2ccccn2)cc(Br)c1OC. The van der Waals surface area contributed by atoms with Gasteiger partial charge >= 0.3 is 0 Å². The Bertz CT molecular complexity index is 706. The number of nitriles is 1. The minimum Gasteiger partial charge on any atom is -0.493 e. The van der Waals surface area contributed by atoms with Gasteiger partial charge in [0.05, 0.1) is 30.0 Å². The van der Waals surface area contributed by atoms with Crippen molar-refractivity contribution in [1.82, 2.24) is 4.98 Å². The van der Waals surface area contributed by atoms with Crippen LogP contribution < -0.4 is 9.47 Å². The van der Waals surface area contributed by atoms with Gasteiger partial charge in [0.1, 0.15) is 6.07 Å². The first kappa shape index (κ1) is 15.1. The predicted molar refractivity (Wildman–Crippen MR) is 85.0 cm³/mol. The van der Waals surface area contributed by atoms with Crippen LogP contribution >= 0.6 is 15.9 Å². The number of pyridine rings is 1. The highest BCUT2D eigenvalue weighted by Gasteiger charge is 2.10. The summed E-state index contributed by atoms with van der Waals surface area (Å²) in [4.78, 5) is 4.19. The zero-order valence-electron chi connectivity index (χ0n) is 11.6. The maximum absolute atomic E-state index is 9.31. The van der Waals surface area contributed by atoms with Crippen LogP contribution in [0.4, 0.5) is 0 Å². The molecule has 0 radical (unpaired) electrons. The first-order valence-corrected chi connectivity index (χ1v) is 6.93. The number of hydrogen-bond donors (Lipinski definition) is 0. The van der Waals surface area contributed by atoms with Crippen LogP contribution in [0.1, 0.15) is 11.3 Å². The van der Waals surface area contributed by atoms with Gasteiger partial charge in [-0.3, -0.25) is 4.98 Å². The molecular weight excluding hydrogens is 332 g/mol. The molecule has 0 aliphatic heterocycles. The summed E-state index contributed by atoms with van der Waals surface area (Å²) in [7, 11) is 3.15. The average Bonchev–Trinajstić information content (AvgIpc) is 2.52. The van der Waals surface area contributed by atoms with Crippen molar-refractivity contribution in [2.45, 2.75) is 0 Å². The van der Waals surface area contributed by atoms with E-state index in [0.29, 0.717) is 22.8 Å². The lowest BCUT2D eigenvalue weighted by atomic mass is 10.1. The molecule has 0 unspecified atom stereocenters. The molecule has 4 nitrogen and oxygen atoms in total. The summed E-state index contributed by atoms with van der Waals surface area (Å²) in [6.45, 7) is 0. The summed E-state index contributed by atoms with van der Waals surface area (Å²) < 4.78 is 11.3. The van der Waals surface area contributed by atoms with Crippen LogP contribution in [0.25, 0.3) is 11.6 Å². The Morgan fingerprint density at radius 1 is 1.29 bits per heavy atom. The molecule has 106 valence electrons. The number of halogens is 1. The number of hydrogen-bond acceptors (Lipinski definition) is 4. The Kier molecular flexibility index (Phi) is 4.96. The van der Waals surface area contributed by atoms with E-state index in [2.05, 4.69) is 27.0 Å². The van der Waals surface area contributed by atoms with Crippen LogP contribution in [0.2, 0.25) is 0 Å². The number of nitrogens with zero attached hydrogens (tertiary/aromatic N) is 2. The predicted octanol–water partition coefficient (Wildman–Crippen LogP) is 3.93. The largest absolute Gasteiger partial charge is 0.493 e. The quantitative estimate of drug-likeness (QED) is 0.788. The molecule has 0 amide bonds. The third kappa shape index (κ3) is 3.41. The zero-order valence-corrected chi connectivity index (χ0v) is 13.2. The molecule has 0 N–H and O–H groups in total. The van der Waals surface area contributed by atoms with E-state index in [1.165, 1.54) is 0 Å². The van der Waals surface area contributed by atoms with E-state index in [1.807, 2.05) is 24.3 Å². The van der Waals surface area contributed by atoms with E-state index in [1.54, 1.807) is 32.6 Å². The second-order valence-corrected chi connectivity index (χ2v) is 4.98. The summed E-state index contributed by atoms with van der Waals surface area (Å²) in [5, 5.41) is 9.31. The molecular formula is C16H13BrN2O2. The monoisotopic (exact) mass is 344 g/mol. The summed E-state index contributed by atoms with van der Waals surface area (Å²) >= 11 is 3.43. The number of rotatable bonds is 4. The summed E-state index contributed by atoms with van der Waals surface area (Å²) in [5.41, 5.74) is 1.93. The molecule has 0 saturated carbocycles. The molecule has 2 aromatic rings. The third-order valence-electron chi connectivity index (χ3n) is 2.83. The summed E-state index contributed by atoms with van der Waals surface area (Å²) in [6.07, 6.45) is 3.42. The van der Waals surface area contributed by atoms with E-state index in [4.69, 9.17) is 9.47 Å². The minimum atomic E-state index is 0.481. The molecule has 0 spiro atoms. The van der Waals surface area contributed by atoms with Crippen LogP contribution in [0.15, 0.2) is 41.0 Å². The highest BCUT2D eigenvalue weighted by molar-refractivity contribution is 9.10. The molecule has 2 rings (SSSR count). The molecule has 0 atom stereocenters. The van der Waals surface area contributed by atoms with E-state index in [-0.39, 0.29) is 0 Å². The van der Waals surface area contributed by atoms with Crippen molar-refractivity contribution >= 4 is 27.6 Å². The van der Waals surface area contributed by atoms with Crippen molar-refractivity contribution in [3.63, 3.8) is 0 Å². The van der Waals surface area contributed by atoms with Gasteiger partial charge in [-0.15, -0.1) is 0 Å². The van der Waals surface area contributed by atoms with Crippen LogP contribution in [-0.4, -0.2) is 19.2 Å². The first-order valence-electron chi connectivity index (χ1n) is 6.14. The molecule has 0 aliphatic rings. The van der Waals surface area contributed by atoms with Crippen molar-refractivity contribution in [1.29, 1.82) is 5.26 Å². The van der Waals surface area contributed by atoms with Gasteiger partial charge in [0, 0.05) is 6.20 Å². The highest BCUT2D eigenvalue weighted by Crippen LogP contribution is 2.37. The van der Waals surface area contributed by atoms with Gasteiger partial charge in [0.15, 0.2) is 11.5 Å². The van der Waals surface area contributed by atoms with E-state index >= 15 is 0 Å². The van der Waals surface area contributed by atoms with Gasteiger partial charge < -0.3 is 9.47 Å². The van der Waals surface area contributed by atoms with Gasteiger partial charge in [-0.2, -0.15) is 5.26 Å².